The van der Waals surface area contributed by atoms with Gasteiger partial charge in [0, 0.05) is 6.42 Å². The third-order valence-electron chi connectivity index (χ3n) is 3.47. The second kappa shape index (κ2) is 5.21. The van der Waals surface area contributed by atoms with E-state index in [1.165, 1.54) is 0 Å². The number of methoxy groups -OCH3 is 1. The van der Waals surface area contributed by atoms with Crippen LogP contribution in [0.5, 0.6) is 5.75 Å². The molecule has 0 aromatic heterocycles. The zero-order valence-electron chi connectivity index (χ0n) is 10.6. The SMILES string of the molecule is CCC(c1ccc(OC)cc1)C1CC(=O)NC1=O. The fraction of sp³-hybridized carbons (Fsp3) is 0.429. The topological polar surface area (TPSA) is 55.4 Å². The average molecular weight is 247 g/mol. The van der Waals surface area contributed by atoms with Gasteiger partial charge in [0.2, 0.25) is 11.8 Å². The van der Waals surface area contributed by atoms with Gasteiger partial charge in [0.1, 0.15) is 5.75 Å². The van der Waals surface area contributed by atoms with Crippen LogP contribution in [0, 0.1) is 5.92 Å². The lowest BCUT2D eigenvalue weighted by atomic mass is 9.83. The van der Waals surface area contributed by atoms with E-state index in [-0.39, 0.29) is 23.7 Å². The molecule has 96 valence electrons. The maximum absolute atomic E-state index is 11.7. The number of hydrogen-bond donors (Lipinski definition) is 1. The van der Waals surface area contributed by atoms with Crippen LogP contribution in [0.25, 0.3) is 0 Å². The zero-order chi connectivity index (χ0) is 13.1. The Morgan fingerprint density at radius 2 is 2.00 bits per heavy atom. The molecule has 1 aliphatic heterocycles. The number of ether oxygens (including phenoxy) is 1. The summed E-state index contributed by atoms with van der Waals surface area (Å²) in [5, 5.41) is 2.37. The Hall–Kier alpha value is -1.84. The molecule has 2 amide bonds. The van der Waals surface area contributed by atoms with Gasteiger partial charge in [-0.05, 0) is 30.0 Å². The molecule has 1 heterocycles. The number of carbonyl (C=O) groups is 2. The van der Waals surface area contributed by atoms with Crippen LogP contribution in [0.4, 0.5) is 0 Å². The van der Waals surface area contributed by atoms with Crippen LogP contribution in [0.2, 0.25) is 0 Å². The molecule has 1 saturated heterocycles. The van der Waals surface area contributed by atoms with E-state index in [1.54, 1.807) is 7.11 Å². The summed E-state index contributed by atoms with van der Waals surface area (Å²) in [6, 6.07) is 7.69. The van der Waals surface area contributed by atoms with E-state index in [0.717, 1.165) is 17.7 Å². The number of rotatable bonds is 4. The van der Waals surface area contributed by atoms with Crippen molar-refractivity contribution in [1.29, 1.82) is 0 Å². The minimum atomic E-state index is -0.240. The van der Waals surface area contributed by atoms with E-state index >= 15 is 0 Å². The highest BCUT2D eigenvalue weighted by Gasteiger charge is 2.36. The number of hydrogen-bond acceptors (Lipinski definition) is 3. The molecule has 1 aromatic rings. The Balaban J connectivity index is 2.22. The Bertz CT molecular complexity index is 453. The highest BCUT2D eigenvalue weighted by Crippen LogP contribution is 2.33. The van der Waals surface area contributed by atoms with Gasteiger partial charge in [-0.3, -0.25) is 14.9 Å². The van der Waals surface area contributed by atoms with Crippen molar-refractivity contribution in [3.8, 4) is 5.75 Å². The van der Waals surface area contributed by atoms with Crippen molar-refractivity contribution in [3.63, 3.8) is 0 Å². The lowest BCUT2D eigenvalue weighted by Crippen LogP contribution is -2.25. The van der Waals surface area contributed by atoms with Gasteiger partial charge in [-0.1, -0.05) is 19.1 Å². The van der Waals surface area contributed by atoms with E-state index in [2.05, 4.69) is 5.32 Å². The highest BCUT2D eigenvalue weighted by molar-refractivity contribution is 6.03. The summed E-state index contributed by atoms with van der Waals surface area (Å²) in [7, 11) is 1.62. The Labute approximate surface area is 106 Å². The molecular weight excluding hydrogens is 230 g/mol. The maximum atomic E-state index is 11.7. The third kappa shape index (κ3) is 2.37. The fourth-order valence-corrected chi connectivity index (χ4v) is 2.50. The Morgan fingerprint density at radius 1 is 1.33 bits per heavy atom. The van der Waals surface area contributed by atoms with Crippen LogP contribution < -0.4 is 10.1 Å². The minimum Gasteiger partial charge on any atom is -0.497 e. The molecule has 0 radical (unpaired) electrons. The lowest BCUT2D eigenvalue weighted by molar-refractivity contribution is -0.126. The van der Waals surface area contributed by atoms with Crippen molar-refractivity contribution in [2.75, 3.05) is 7.11 Å². The molecular formula is C14H17NO3. The van der Waals surface area contributed by atoms with Crippen molar-refractivity contribution in [2.45, 2.75) is 25.7 Å². The van der Waals surface area contributed by atoms with Crippen LogP contribution in [0.1, 0.15) is 31.2 Å². The van der Waals surface area contributed by atoms with Crippen LogP contribution in [0.3, 0.4) is 0 Å². The first-order valence-corrected chi connectivity index (χ1v) is 6.13. The molecule has 0 bridgehead atoms. The largest absolute Gasteiger partial charge is 0.497 e. The molecule has 1 N–H and O–H groups in total. The smallest absolute Gasteiger partial charge is 0.230 e. The van der Waals surface area contributed by atoms with Crippen molar-refractivity contribution in [1.82, 2.24) is 5.32 Å². The van der Waals surface area contributed by atoms with Crippen molar-refractivity contribution >= 4 is 11.8 Å². The van der Waals surface area contributed by atoms with Crippen LogP contribution >= 0.6 is 0 Å². The summed E-state index contributed by atoms with van der Waals surface area (Å²) in [4.78, 5) is 23.0. The fourth-order valence-electron chi connectivity index (χ4n) is 2.50. The summed E-state index contributed by atoms with van der Waals surface area (Å²) in [5.74, 6) is 0.318. The molecule has 1 aromatic carbocycles. The van der Waals surface area contributed by atoms with Gasteiger partial charge in [-0.25, -0.2) is 0 Å². The van der Waals surface area contributed by atoms with Gasteiger partial charge in [-0.2, -0.15) is 0 Å². The van der Waals surface area contributed by atoms with Gasteiger partial charge in [0.25, 0.3) is 0 Å². The van der Waals surface area contributed by atoms with Crippen molar-refractivity contribution in [3.05, 3.63) is 29.8 Å². The molecule has 2 rings (SSSR count). The van der Waals surface area contributed by atoms with Crippen LogP contribution in [-0.2, 0) is 9.59 Å². The van der Waals surface area contributed by atoms with E-state index in [1.807, 2.05) is 31.2 Å². The Morgan fingerprint density at radius 3 is 2.44 bits per heavy atom. The van der Waals surface area contributed by atoms with E-state index in [0.29, 0.717) is 6.42 Å². The summed E-state index contributed by atoms with van der Waals surface area (Å²) in [6.07, 6.45) is 1.13. The minimum absolute atomic E-state index is 0.0855. The van der Waals surface area contributed by atoms with E-state index in [9.17, 15) is 9.59 Å². The summed E-state index contributed by atoms with van der Waals surface area (Å²) < 4.78 is 5.11. The van der Waals surface area contributed by atoms with E-state index in [4.69, 9.17) is 4.74 Å². The first-order valence-electron chi connectivity index (χ1n) is 6.13. The van der Waals surface area contributed by atoms with Crippen molar-refractivity contribution < 1.29 is 14.3 Å². The van der Waals surface area contributed by atoms with Crippen LogP contribution in [0.15, 0.2) is 24.3 Å². The summed E-state index contributed by atoms with van der Waals surface area (Å²) in [5.41, 5.74) is 1.08. The number of carbonyl (C=O) groups excluding carboxylic acids is 2. The molecule has 4 heteroatoms. The molecule has 4 nitrogen and oxygen atoms in total. The second-order valence-electron chi connectivity index (χ2n) is 4.51. The number of nitrogens with one attached hydrogen (secondary N) is 1. The quantitative estimate of drug-likeness (QED) is 0.826. The lowest BCUT2D eigenvalue weighted by Gasteiger charge is -2.20. The molecule has 2 atom stereocenters. The van der Waals surface area contributed by atoms with Gasteiger partial charge in [0.05, 0.1) is 13.0 Å². The predicted octanol–water partition coefficient (Wildman–Crippen LogP) is 1.85. The molecule has 0 spiro atoms. The second-order valence-corrected chi connectivity index (χ2v) is 4.51. The average Bonchev–Trinajstić information content (AvgIpc) is 2.70. The number of imide groups is 1. The molecule has 18 heavy (non-hydrogen) atoms. The number of amides is 2. The van der Waals surface area contributed by atoms with Gasteiger partial charge >= 0.3 is 0 Å². The van der Waals surface area contributed by atoms with Crippen molar-refractivity contribution in [2.24, 2.45) is 5.92 Å². The van der Waals surface area contributed by atoms with Gasteiger partial charge < -0.3 is 4.74 Å². The van der Waals surface area contributed by atoms with Gasteiger partial charge in [-0.15, -0.1) is 0 Å². The monoisotopic (exact) mass is 247 g/mol. The van der Waals surface area contributed by atoms with Gasteiger partial charge in [0.15, 0.2) is 0 Å². The molecule has 0 saturated carbocycles. The van der Waals surface area contributed by atoms with Crippen LogP contribution in [-0.4, -0.2) is 18.9 Å². The first kappa shape index (κ1) is 12.6. The predicted molar refractivity (Wildman–Crippen MR) is 67.3 cm³/mol. The molecule has 2 unspecified atom stereocenters. The Kier molecular flexibility index (Phi) is 3.65. The molecule has 1 fully saturated rings. The first-order chi connectivity index (χ1) is 8.65. The molecule has 1 aliphatic rings. The van der Waals surface area contributed by atoms with E-state index < -0.39 is 0 Å². The third-order valence-corrected chi connectivity index (χ3v) is 3.47. The number of benzene rings is 1. The normalized spacial score (nSPS) is 20.7. The summed E-state index contributed by atoms with van der Waals surface area (Å²) in [6.45, 7) is 2.03. The molecule has 0 aliphatic carbocycles. The maximum Gasteiger partial charge on any atom is 0.230 e. The highest BCUT2D eigenvalue weighted by atomic mass is 16.5. The summed E-state index contributed by atoms with van der Waals surface area (Å²) >= 11 is 0. The zero-order valence-corrected chi connectivity index (χ0v) is 10.6. The standard InChI is InChI=1S/C14H17NO3/c1-3-11(12-8-13(16)15-14(12)17)9-4-6-10(18-2)7-5-9/h4-7,11-12H,3,8H2,1-2H3,(H,15,16,17).